The van der Waals surface area contributed by atoms with E-state index in [4.69, 9.17) is 9.72 Å². The van der Waals surface area contributed by atoms with Crippen LogP contribution in [0.2, 0.25) is 0 Å². The second-order valence-electron chi connectivity index (χ2n) is 8.18. The summed E-state index contributed by atoms with van der Waals surface area (Å²) in [4.78, 5) is 20.2. The molecule has 6 heteroatoms. The normalized spacial score (nSPS) is 17.1. The number of nitrogens with one attached hydrogen (secondary N) is 1. The molecular formula is C25H32N4O2. The molecule has 1 unspecified atom stereocenters. The third-order valence-electron chi connectivity index (χ3n) is 5.89. The van der Waals surface area contributed by atoms with Gasteiger partial charge in [0.25, 0.3) is 0 Å². The number of hydrogen-bond donors (Lipinski definition) is 1. The molecule has 6 nitrogen and oxygen atoms in total. The van der Waals surface area contributed by atoms with Gasteiger partial charge in [-0.2, -0.15) is 0 Å². The Morgan fingerprint density at radius 3 is 2.81 bits per heavy atom. The predicted molar refractivity (Wildman–Crippen MR) is 124 cm³/mol. The molecule has 4 rings (SSSR count). The molecule has 0 aliphatic carbocycles. The zero-order chi connectivity index (χ0) is 21.5. The molecule has 1 N–H and O–H groups in total. The van der Waals surface area contributed by atoms with Crippen LogP contribution in [0.4, 0.5) is 5.95 Å². The standard InChI is InChI=1S/C25H32N4O2/c1-2-31-17-9-16-29-23-14-7-6-13-22(23)26-25(29)27-24(30)21-12-8-15-28(19-21)18-20-10-4-3-5-11-20/h3-7,10-11,13-14,21H,2,8-9,12,15-19H2,1H3,(H,26,27,30). The molecule has 1 saturated heterocycles. The van der Waals surface area contributed by atoms with E-state index in [0.29, 0.717) is 12.6 Å². The van der Waals surface area contributed by atoms with Gasteiger partial charge in [-0.25, -0.2) is 4.98 Å². The van der Waals surface area contributed by atoms with Gasteiger partial charge in [0.05, 0.1) is 17.0 Å². The van der Waals surface area contributed by atoms with Crippen molar-refractivity contribution < 1.29 is 9.53 Å². The number of fused-ring (bicyclic) bond motifs is 1. The van der Waals surface area contributed by atoms with Crippen molar-refractivity contribution in [2.75, 3.05) is 31.6 Å². The average molecular weight is 421 g/mol. The van der Waals surface area contributed by atoms with Crippen LogP contribution in [-0.4, -0.2) is 46.7 Å². The summed E-state index contributed by atoms with van der Waals surface area (Å²) in [6, 6.07) is 18.5. The molecule has 1 fully saturated rings. The van der Waals surface area contributed by atoms with E-state index >= 15 is 0 Å². The molecule has 1 aliphatic rings. The number of piperidine rings is 1. The van der Waals surface area contributed by atoms with Crippen molar-refractivity contribution in [3.8, 4) is 0 Å². The van der Waals surface area contributed by atoms with E-state index in [-0.39, 0.29) is 11.8 Å². The van der Waals surface area contributed by atoms with Crippen LogP contribution in [-0.2, 0) is 22.6 Å². The smallest absolute Gasteiger partial charge is 0.231 e. The summed E-state index contributed by atoms with van der Waals surface area (Å²) in [7, 11) is 0. The first-order chi connectivity index (χ1) is 15.2. The molecule has 1 aromatic heterocycles. The fraction of sp³-hybridized carbons (Fsp3) is 0.440. The van der Waals surface area contributed by atoms with E-state index in [0.717, 1.165) is 63.1 Å². The maximum absolute atomic E-state index is 13.2. The van der Waals surface area contributed by atoms with Crippen LogP contribution >= 0.6 is 0 Å². The van der Waals surface area contributed by atoms with E-state index in [1.807, 2.05) is 31.2 Å². The molecule has 0 spiro atoms. The summed E-state index contributed by atoms with van der Waals surface area (Å²) in [6.45, 7) is 6.90. The minimum Gasteiger partial charge on any atom is -0.382 e. The highest BCUT2D eigenvalue weighted by atomic mass is 16.5. The fourth-order valence-corrected chi connectivity index (χ4v) is 4.33. The Bertz CT molecular complexity index is 986. The largest absolute Gasteiger partial charge is 0.382 e. The van der Waals surface area contributed by atoms with Crippen molar-refractivity contribution in [3.63, 3.8) is 0 Å². The number of hydrogen-bond acceptors (Lipinski definition) is 4. The van der Waals surface area contributed by atoms with E-state index in [1.54, 1.807) is 0 Å². The van der Waals surface area contributed by atoms with Gasteiger partial charge in [0.1, 0.15) is 0 Å². The highest BCUT2D eigenvalue weighted by Gasteiger charge is 2.27. The van der Waals surface area contributed by atoms with Crippen molar-refractivity contribution in [2.24, 2.45) is 5.92 Å². The SMILES string of the molecule is CCOCCCn1c(NC(=O)C2CCCN(Cc3ccccc3)C2)nc2ccccc21. The molecule has 31 heavy (non-hydrogen) atoms. The van der Waals surface area contributed by atoms with E-state index in [2.05, 4.69) is 45.1 Å². The number of imidazole rings is 1. The van der Waals surface area contributed by atoms with E-state index in [9.17, 15) is 4.79 Å². The van der Waals surface area contributed by atoms with Gasteiger partial charge in [0.2, 0.25) is 11.9 Å². The first-order valence-corrected chi connectivity index (χ1v) is 11.3. The zero-order valence-corrected chi connectivity index (χ0v) is 18.3. The molecule has 1 aliphatic heterocycles. The summed E-state index contributed by atoms with van der Waals surface area (Å²) in [5.41, 5.74) is 3.24. The number of carbonyl (C=O) groups is 1. The number of likely N-dealkylation sites (tertiary alicyclic amines) is 1. The van der Waals surface area contributed by atoms with Crippen molar-refractivity contribution in [1.82, 2.24) is 14.5 Å². The molecule has 1 amide bonds. The molecule has 1 atom stereocenters. The lowest BCUT2D eigenvalue weighted by Gasteiger charge is -2.32. The third-order valence-corrected chi connectivity index (χ3v) is 5.89. The summed E-state index contributed by atoms with van der Waals surface area (Å²) >= 11 is 0. The minimum atomic E-state index is -0.0193. The number of para-hydroxylation sites is 2. The zero-order valence-electron chi connectivity index (χ0n) is 18.3. The van der Waals surface area contributed by atoms with Crippen LogP contribution < -0.4 is 5.32 Å². The first kappa shape index (κ1) is 21.5. The Balaban J connectivity index is 1.43. The Morgan fingerprint density at radius 2 is 1.97 bits per heavy atom. The lowest BCUT2D eigenvalue weighted by Crippen LogP contribution is -2.40. The van der Waals surface area contributed by atoms with Crippen LogP contribution in [0.15, 0.2) is 54.6 Å². The minimum absolute atomic E-state index is 0.0193. The number of anilines is 1. The maximum atomic E-state index is 13.2. The first-order valence-electron chi connectivity index (χ1n) is 11.3. The molecule has 3 aromatic rings. The number of rotatable bonds is 9. The number of ether oxygens (including phenoxy) is 1. The van der Waals surface area contributed by atoms with Crippen LogP contribution in [0, 0.1) is 5.92 Å². The number of carbonyl (C=O) groups excluding carboxylic acids is 1. The summed E-state index contributed by atoms with van der Waals surface area (Å²) in [6.07, 6.45) is 2.84. The van der Waals surface area contributed by atoms with Crippen molar-refractivity contribution >= 4 is 22.9 Å². The summed E-state index contributed by atoms with van der Waals surface area (Å²) < 4.78 is 7.60. The second-order valence-corrected chi connectivity index (χ2v) is 8.18. The quantitative estimate of drug-likeness (QED) is 0.524. The fourth-order valence-electron chi connectivity index (χ4n) is 4.33. The van der Waals surface area contributed by atoms with Crippen LogP contribution in [0.5, 0.6) is 0 Å². The van der Waals surface area contributed by atoms with Crippen LogP contribution in [0.1, 0.15) is 31.7 Å². The van der Waals surface area contributed by atoms with E-state index < -0.39 is 0 Å². The van der Waals surface area contributed by atoms with Gasteiger partial charge in [-0.3, -0.25) is 15.0 Å². The third kappa shape index (κ3) is 5.51. The van der Waals surface area contributed by atoms with Gasteiger partial charge in [-0.05, 0) is 50.4 Å². The van der Waals surface area contributed by atoms with Crippen molar-refractivity contribution in [1.29, 1.82) is 0 Å². The van der Waals surface area contributed by atoms with Gasteiger partial charge in [0, 0.05) is 32.8 Å². The average Bonchev–Trinajstić information content (AvgIpc) is 3.14. The molecule has 2 heterocycles. The van der Waals surface area contributed by atoms with Gasteiger partial charge in [-0.15, -0.1) is 0 Å². The topological polar surface area (TPSA) is 59.4 Å². The predicted octanol–water partition coefficient (Wildman–Crippen LogP) is 4.31. The molecular weight excluding hydrogens is 388 g/mol. The highest BCUT2D eigenvalue weighted by molar-refractivity contribution is 5.93. The second kappa shape index (κ2) is 10.6. The lowest BCUT2D eigenvalue weighted by molar-refractivity contribution is -0.121. The highest BCUT2D eigenvalue weighted by Crippen LogP contribution is 2.23. The Kier molecular flexibility index (Phi) is 7.33. The van der Waals surface area contributed by atoms with Crippen LogP contribution in [0.3, 0.4) is 0 Å². The van der Waals surface area contributed by atoms with Gasteiger partial charge < -0.3 is 9.30 Å². The number of amides is 1. The molecule has 164 valence electrons. The maximum Gasteiger partial charge on any atom is 0.231 e. The molecule has 0 saturated carbocycles. The monoisotopic (exact) mass is 420 g/mol. The molecule has 2 aromatic carbocycles. The number of aromatic nitrogens is 2. The van der Waals surface area contributed by atoms with Gasteiger partial charge >= 0.3 is 0 Å². The Labute approximate surface area is 184 Å². The summed E-state index contributed by atoms with van der Waals surface area (Å²) in [5.74, 6) is 0.691. The van der Waals surface area contributed by atoms with Gasteiger partial charge in [-0.1, -0.05) is 42.5 Å². The lowest BCUT2D eigenvalue weighted by atomic mass is 9.96. The Morgan fingerprint density at radius 1 is 1.16 bits per heavy atom. The molecule has 0 bridgehead atoms. The Hall–Kier alpha value is -2.70. The molecule has 0 radical (unpaired) electrons. The summed E-state index contributed by atoms with van der Waals surface area (Å²) in [5, 5.41) is 3.14. The van der Waals surface area contributed by atoms with Crippen LogP contribution in [0.25, 0.3) is 11.0 Å². The number of aryl methyl sites for hydroxylation is 1. The van der Waals surface area contributed by atoms with E-state index in [1.165, 1.54) is 5.56 Å². The number of benzene rings is 2. The number of nitrogens with zero attached hydrogens (tertiary/aromatic N) is 3. The van der Waals surface area contributed by atoms with Crippen molar-refractivity contribution in [2.45, 2.75) is 39.3 Å². The van der Waals surface area contributed by atoms with Crippen molar-refractivity contribution in [3.05, 3.63) is 60.2 Å². The van der Waals surface area contributed by atoms with Gasteiger partial charge in [0.15, 0.2) is 0 Å².